The van der Waals surface area contributed by atoms with Crippen molar-refractivity contribution in [3.05, 3.63) is 22.7 Å². The maximum Gasteiger partial charge on any atom is 0.407 e. The number of benzene rings is 1. The van der Waals surface area contributed by atoms with E-state index in [2.05, 4.69) is 29.4 Å². The Morgan fingerprint density at radius 3 is 2.81 bits per heavy atom. The van der Waals surface area contributed by atoms with Crippen LogP contribution in [0.1, 0.15) is 24.2 Å². The molecule has 0 aliphatic carbocycles. The highest BCUT2D eigenvalue weighted by Gasteiger charge is 2.24. The molecule has 144 valence electrons. The highest BCUT2D eigenvalue weighted by Crippen LogP contribution is 2.29. The maximum atomic E-state index is 12.5. The van der Waals surface area contributed by atoms with Gasteiger partial charge in [0.15, 0.2) is 6.10 Å². The number of carbonyl (C=O) groups is 2. The molecule has 1 aliphatic heterocycles. The summed E-state index contributed by atoms with van der Waals surface area (Å²) in [6, 6.07) is 2.99. The molecule has 0 saturated carbocycles. The van der Waals surface area contributed by atoms with Crippen LogP contribution >= 0.6 is 11.6 Å². The zero-order chi connectivity index (χ0) is 19.1. The van der Waals surface area contributed by atoms with Crippen molar-refractivity contribution in [1.82, 2.24) is 15.5 Å². The molecule has 8 nitrogen and oxygen atoms in total. The lowest BCUT2D eigenvalue weighted by Crippen LogP contribution is -2.35. The van der Waals surface area contributed by atoms with E-state index >= 15 is 0 Å². The quantitative estimate of drug-likeness (QED) is 0.557. The number of nitrogens with one attached hydrogen (secondary N) is 2. The number of amides is 2. The molecule has 1 unspecified atom stereocenters. The third-order valence-corrected chi connectivity index (χ3v) is 4.45. The third-order valence-electron chi connectivity index (χ3n) is 4.12. The van der Waals surface area contributed by atoms with Crippen LogP contribution in [0.15, 0.2) is 12.1 Å². The van der Waals surface area contributed by atoms with Crippen LogP contribution in [-0.4, -0.2) is 62.3 Å². The van der Waals surface area contributed by atoms with Crippen molar-refractivity contribution in [2.75, 3.05) is 45.1 Å². The van der Waals surface area contributed by atoms with Crippen molar-refractivity contribution in [2.45, 2.75) is 20.0 Å². The summed E-state index contributed by atoms with van der Waals surface area (Å²) in [5, 5.41) is 5.68. The van der Waals surface area contributed by atoms with Crippen LogP contribution in [0.3, 0.4) is 0 Å². The minimum absolute atomic E-state index is 0.111. The van der Waals surface area contributed by atoms with Crippen LogP contribution < -0.4 is 21.1 Å². The van der Waals surface area contributed by atoms with Gasteiger partial charge in [-0.15, -0.1) is 0 Å². The van der Waals surface area contributed by atoms with E-state index in [1.807, 2.05) is 0 Å². The summed E-state index contributed by atoms with van der Waals surface area (Å²) in [6.45, 7) is 7.70. The number of anilines is 1. The molecule has 2 rings (SSSR count). The average Bonchev–Trinajstić information content (AvgIpc) is 3.04. The number of rotatable bonds is 9. The molecule has 0 aromatic heterocycles. The fraction of sp³-hybridized carbons (Fsp3) is 0.529. The zero-order valence-corrected chi connectivity index (χ0v) is 15.8. The molecule has 1 atom stereocenters. The highest BCUT2D eigenvalue weighted by atomic mass is 35.5. The van der Waals surface area contributed by atoms with Gasteiger partial charge in [0.2, 0.25) is 0 Å². The number of ether oxygens (including phenoxy) is 2. The SMILES string of the molecule is CCN(CC)CCNC(=O)c1cc(Cl)c(N)cc1OCC1CNC(=O)O1. The molecular formula is C17H25ClN4O4. The van der Waals surface area contributed by atoms with Crippen molar-refractivity contribution in [3.63, 3.8) is 0 Å². The van der Waals surface area contributed by atoms with Gasteiger partial charge in [0.1, 0.15) is 12.4 Å². The molecular weight excluding hydrogens is 360 g/mol. The second kappa shape index (κ2) is 9.49. The van der Waals surface area contributed by atoms with Crippen molar-refractivity contribution >= 4 is 29.3 Å². The number of nitrogen functional groups attached to an aromatic ring is 1. The predicted octanol–water partition coefficient (Wildman–Crippen LogP) is 1.48. The number of nitrogens with zero attached hydrogens (tertiary/aromatic N) is 1. The zero-order valence-electron chi connectivity index (χ0n) is 15.0. The number of alkyl carbamates (subject to hydrolysis) is 1. The Bertz CT molecular complexity index is 652. The number of hydrogen-bond acceptors (Lipinski definition) is 6. The number of hydrogen-bond donors (Lipinski definition) is 3. The minimum atomic E-state index is -0.483. The second-order valence-electron chi connectivity index (χ2n) is 5.87. The molecule has 26 heavy (non-hydrogen) atoms. The average molecular weight is 385 g/mol. The lowest BCUT2D eigenvalue weighted by Gasteiger charge is -2.19. The Morgan fingerprint density at radius 1 is 1.46 bits per heavy atom. The van der Waals surface area contributed by atoms with Gasteiger partial charge in [0.05, 0.1) is 22.8 Å². The molecule has 0 spiro atoms. The standard InChI is InChI=1S/C17H25ClN4O4/c1-3-22(4-2)6-5-20-16(23)12-7-13(18)14(19)8-15(12)25-10-11-9-21-17(24)26-11/h7-8,11H,3-6,9-10,19H2,1-2H3,(H,20,23)(H,21,24). The van der Waals surface area contributed by atoms with E-state index in [1.54, 1.807) is 0 Å². The summed E-state index contributed by atoms with van der Waals surface area (Å²) in [6.07, 6.45) is -0.901. The van der Waals surface area contributed by atoms with Crippen LogP contribution in [0, 0.1) is 0 Å². The second-order valence-corrected chi connectivity index (χ2v) is 6.28. The molecule has 1 aliphatic rings. The Balaban J connectivity index is 2.02. The van der Waals surface area contributed by atoms with E-state index in [0.717, 1.165) is 19.6 Å². The van der Waals surface area contributed by atoms with Gasteiger partial charge < -0.3 is 30.7 Å². The van der Waals surface area contributed by atoms with E-state index in [4.69, 9.17) is 26.8 Å². The molecule has 1 aromatic carbocycles. The molecule has 0 radical (unpaired) electrons. The van der Waals surface area contributed by atoms with Crippen molar-refractivity contribution in [3.8, 4) is 5.75 Å². The maximum absolute atomic E-state index is 12.5. The molecule has 1 fully saturated rings. The lowest BCUT2D eigenvalue weighted by molar-refractivity contribution is 0.0923. The smallest absolute Gasteiger partial charge is 0.407 e. The molecule has 1 aromatic rings. The first-order valence-corrected chi connectivity index (χ1v) is 8.99. The molecule has 2 amide bonds. The lowest BCUT2D eigenvalue weighted by atomic mass is 10.1. The largest absolute Gasteiger partial charge is 0.489 e. The van der Waals surface area contributed by atoms with Crippen LogP contribution in [0.4, 0.5) is 10.5 Å². The predicted molar refractivity (Wildman–Crippen MR) is 99.8 cm³/mol. The first kappa shape index (κ1) is 20.1. The third kappa shape index (κ3) is 5.40. The number of likely N-dealkylation sites (N-methyl/N-ethyl adjacent to an activating group) is 1. The van der Waals surface area contributed by atoms with Gasteiger partial charge in [-0.05, 0) is 19.2 Å². The van der Waals surface area contributed by atoms with E-state index < -0.39 is 12.2 Å². The van der Waals surface area contributed by atoms with Gasteiger partial charge in [-0.25, -0.2) is 4.79 Å². The Hall–Kier alpha value is -2.19. The van der Waals surface area contributed by atoms with Crippen molar-refractivity contribution in [2.24, 2.45) is 0 Å². The molecule has 0 bridgehead atoms. The van der Waals surface area contributed by atoms with E-state index in [9.17, 15) is 9.59 Å². The van der Waals surface area contributed by atoms with Gasteiger partial charge in [0, 0.05) is 19.2 Å². The number of halogens is 1. The van der Waals surface area contributed by atoms with Crippen LogP contribution in [0.2, 0.25) is 5.02 Å². The van der Waals surface area contributed by atoms with E-state index in [0.29, 0.717) is 30.1 Å². The van der Waals surface area contributed by atoms with Gasteiger partial charge >= 0.3 is 6.09 Å². The summed E-state index contributed by atoms with van der Waals surface area (Å²) in [5.74, 6) is 0.00536. The van der Waals surface area contributed by atoms with Gasteiger partial charge in [0.25, 0.3) is 5.91 Å². The monoisotopic (exact) mass is 384 g/mol. The summed E-state index contributed by atoms with van der Waals surface area (Å²) in [7, 11) is 0. The molecule has 1 heterocycles. The van der Waals surface area contributed by atoms with Crippen molar-refractivity contribution in [1.29, 1.82) is 0 Å². The van der Waals surface area contributed by atoms with Gasteiger partial charge in [-0.2, -0.15) is 0 Å². The molecule has 4 N–H and O–H groups in total. The van der Waals surface area contributed by atoms with Crippen LogP contribution in [0.5, 0.6) is 5.75 Å². The summed E-state index contributed by atoms with van der Waals surface area (Å²) < 4.78 is 10.7. The fourth-order valence-electron chi connectivity index (χ4n) is 2.54. The summed E-state index contributed by atoms with van der Waals surface area (Å²) >= 11 is 6.06. The fourth-order valence-corrected chi connectivity index (χ4v) is 2.70. The van der Waals surface area contributed by atoms with Gasteiger partial charge in [-0.3, -0.25) is 4.79 Å². The highest BCUT2D eigenvalue weighted by molar-refractivity contribution is 6.33. The van der Waals surface area contributed by atoms with Crippen LogP contribution in [-0.2, 0) is 4.74 Å². The Labute approximate surface area is 157 Å². The van der Waals surface area contributed by atoms with Gasteiger partial charge in [-0.1, -0.05) is 25.4 Å². The van der Waals surface area contributed by atoms with Crippen LogP contribution in [0.25, 0.3) is 0 Å². The minimum Gasteiger partial charge on any atom is -0.489 e. The summed E-state index contributed by atoms with van der Waals surface area (Å²) in [5.41, 5.74) is 6.42. The van der Waals surface area contributed by atoms with E-state index in [-0.39, 0.29) is 17.5 Å². The first-order valence-electron chi connectivity index (χ1n) is 8.61. The normalized spacial score (nSPS) is 16.3. The van der Waals surface area contributed by atoms with Crippen molar-refractivity contribution < 1.29 is 19.1 Å². The topological polar surface area (TPSA) is 106 Å². The first-order chi connectivity index (χ1) is 12.4. The molecule has 9 heteroatoms. The number of carbonyl (C=O) groups excluding carboxylic acids is 2. The Morgan fingerprint density at radius 2 is 2.19 bits per heavy atom. The molecule has 1 saturated heterocycles. The number of cyclic esters (lactones) is 1. The summed E-state index contributed by atoms with van der Waals surface area (Å²) in [4.78, 5) is 25.8. The Kier molecular flexibility index (Phi) is 7.35. The number of nitrogens with two attached hydrogens (primary N) is 1. The van der Waals surface area contributed by atoms with E-state index in [1.165, 1.54) is 12.1 Å².